The van der Waals surface area contributed by atoms with Gasteiger partial charge >= 0.3 is 0 Å². The molecule has 136 valence electrons. The molecule has 2 aliphatic rings. The molecule has 0 aromatic heterocycles. The molecule has 3 heteroatoms. The van der Waals surface area contributed by atoms with Gasteiger partial charge in [-0.25, -0.2) is 0 Å². The highest BCUT2D eigenvalue weighted by Gasteiger charge is 2.63. The SMILES string of the molecule is C=CC1=CC[C@@]2(C)C(=O)C(C)=C(C)C(=O)[C@@]2(C)[C@H]1c1ccc(O)c(C)c1. The number of Topliss-reactive ketones (excluding diaryl/α,β-unsaturated/α-hetero) is 2. The summed E-state index contributed by atoms with van der Waals surface area (Å²) in [7, 11) is 0. The number of ketones is 2. The van der Waals surface area contributed by atoms with Crippen LogP contribution in [0.15, 0.2) is 53.6 Å². The van der Waals surface area contributed by atoms with Crippen LogP contribution in [0.1, 0.15) is 51.2 Å². The highest BCUT2D eigenvalue weighted by Crippen LogP contribution is 2.62. The van der Waals surface area contributed by atoms with Crippen molar-refractivity contribution in [2.24, 2.45) is 10.8 Å². The van der Waals surface area contributed by atoms with Crippen molar-refractivity contribution in [3.63, 3.8) is 0 Å². The fourth-order valence-electron chi connectivity index (χ4n) is 4.74. The molecule has 1 aromatic carbocycles. The first-order valence-electron chi connectivity index (χ1n) is 8.98. The average molecular weight is 350 g/mol. The fourth-order valence-corrected chi connectivity index (χ4v) is 4.74. The second-order valence-electron chi connectivity index (χ2n) is 8.03. The zero-order chi connectivity index (χ0) is 19.4. The molecule has 0 unspecified atom stereocenters. The molecule has 3 atom stereocenters. The number of hydrogen-bond donors (Lipinski definition) is 1. The van der Waals surface area contributed by atoms with Gasteiger partial charge in [0.05, 0.1) is 5.41 Å². The third-order valence-electron chi connectivity index (χ3n) is 6.81. The van der Waals surface area contributed by atoms with Crippen molar-refractivity contribution in [3.8, 4) is 5.75 Å². The predicted octanol–water partition coefficient (Wildman–Crippen LogP) is 4.80. The number of carbonyl (C=O) groups is 2. The van der Waals surface area contributed by atoms with Gasteiger partial charge in [-0.3, -0.25) is 9.59 Å². The molecule has 0 amide bonds. The predicted molar refractivity (Wildman–Crippen MR) is 103 cm³/mol. The van der Waals surface area contributed by atoms with Crippen LogP contribution >= 0.6 is 0 Å². The molecule has 0 fully saturated rings. The van der Waals surface area contributed by atoms with E-state index in [0.717, 1.165) is 16.7 Å². The lowest BCUT2D eigenvalue weighted by atomic mass is 9.45. The Morgan fingerprint density at radius 2 is 1.73 bits per heavy atom. The van der Waals surface area contributed by atoms with Gasteiger partial charge in [-0.15, -0.1) is 0 Å². The monoisotopic (exact) mass is 350 g/mol. The number of allylic oxidation sites excluding steroid dienone is 5. The van der Waals surface area contributed by atoms with Crippen molar-refractivity contribution in [1.29, 1.82) is 0 Å². The molecule has 1 N–H and O–H groups in total. The molecule has 3 rings (SSSR count). The molecule has 1 aromatic rings. The van der Waals surface area contributed by atoms with E-state index in [1.54, 1.807) is 26.0 Å². The Morgan fingerprint density at radius 3 is 2.31 bits per heavy atom. The lowest BCUT2D eigenvalue weighted by molar-refractivity contribution is -0.147. The summed E-state index contributed by atoms with van der Waals surface area (Å²) in [6.45, 7) is 13.1. The summed E-state index contributed by atoms with van der Waals surface area (Å²) >= 11 is 0. The standard InChI is InChI=1S/C23H26O3/c1-7-16-10-11-22(5)20(25)14(3)15(4)21(26)23(22,6)19(16)17-8-9-18(24)13(2)12-17/h7-10,12,19,24H,1,11H2,2-6H3/t19-,22+,23-/m1/s1. The third-order valence-corrected chi connectivity index (χ3v) is 6.81. The van der Waals surface area contributed by atoms with E-state index < -0.39 is 10.8 Å². The quantitative estimate of drug-likeness (QED) is 0.833. The largest absolute Gasteiger partial charge is 0.508 e. The zero-order valence-electron chi connectivity index (χ0n) is 16.1. The van der Waals surface area contributed by atoms with Crippen LogP contribution in [0.4, 0.5) is 0 Å². The third kappa shape index (κ3) is 2.13. The van der Waals surface area contributed by atoms with Gasteiger partial charge < -0.3 is 5.11 Å². The summed E-state index contributed by atoms with van der Waals surface area (Å²) in [5.74, 6) is 0.0226. The minimum atomic E-state index is -0.893. The lowest BCUT2D eigenvalue weighted by Gasteiger charge is -2.54. The first-order valence-corrected chi connectivity index (χ1v) is 8.98. The smallest absolute Gasteiger partial charge is 0.166 e. The van der Waals surface area contributed by atoms with E-state index in [1.165, 1.54) is 0 Å². The minimum absolute atomic E-state index is 0.0280. The first-order chi connectivity index (χ1) is 12.1. The van der Waals surface area contributed by atoms with Crippen molar-refractivity contribution in [2.45, 2.75) is 47.0 Å². The van der Waals surface area contributed by atoms with Crippen LogP contribution in [0.3, 0.4) is 0 Å². The number of benzene rings is 1. The summed E-state index contributed by atoms with van der Waals surface area (Å²) < 4.78 is 0. The number of phenolic OH excluding ortho intramolecular Hbond substituents is 1. The number of aromatic hydroxyl groups is 1. The summed E-state index contributed by atoms with van der Waals surface area (Å²) in [6, 6.07) is 5.41. The average Bonchev–Trinajstić information content (AvgIpc) is 2.62. The van der Waals surface area contributed by atoms with Crippen LogP contribution in [0.25, 0.3) is 0 Å². The van der Waals surface area contributed by atoms with E-state index in [0.29, 0.717) is 17.6 Å². The van der Waals surface area contributed by atoms with Gasteiger partial charge in [0.25, 0.3) is 0 Å². The number of hydrogen-bond acceptors (Lipinski definition) is 3. The summed E-state index contributed by atoms with van der Waals surface area (Å²) in [5, 5.41) is 9.92. The molecule has 0 aliphatic heterocycles. The fraction of sp³-hybridized carbons (Fsp3) is 0.391. The molecule has 0 bridgehead atoms. The minimum Gasteiger partial charge on any atom is -0.508 e. The van der Waals surface area contributed by atoms with E-state index >= 15 is 0 Å². The Kier molecular flexibility index (Phi) is 4.10. The van der Waals surface area contributed by atoms with Gasteiger partial charge in [-0.05, 0) is 61.1 Å². The molecular formula is C23H26O3. The van der Waals surface area contributed by atoms with Crippen LogP contribution in [0.5, 0.6) is 5.75 Å². The molecule has 0 saturated heterocycles. The Morgan fingerprint density at radius 1 is 1.12 bits per heavy atom. The van der Waals surface area contributed by atoms with E-state index in [2.05, 4.69) is 6.58 Å². The molecular weight excluding hydrogens is 324 g/mol. The van der Waals surface area contributed by atoms with Gasteiger partial charge in [0.2, 0.25) is 0 Å². The van der Waals surface area contributed by atoms with Crippen molar-refractivity contribution in [2.75, 3.05) is 0 Å². The Bertz CT molecular complexity index is 902. The highest BCUT2D eigenvalue weighted by atomic mass is 16.3. The first kappa shape index (κ1) is 18.4. The Labute approximate surface area is 155 Å². The van der Waals surface area contributed by atoms with Crippen LogP contribution in [0.2, 0.25) is 0 Å². The molecule has 0 radical (unpaired) electrons. The normalized spacial score (nSPS) is 31.6. The van der Waals surface area contributed by atoms with Gasteiger partial charge in [-0.2, -0.15) is 0 Å². The molecule has 26 heavy (non-hydrogen) atoms. The van der Waals surface area contributed by atoms with E-state index in [9.17, 15) is 14.7 Å². The van der Waals surface area contributed by atoms with E-state index in [1.807, 2.05) is 39.0 Å². The second-order valence-corrected chi connectivity index (χ2v) is 8.03. The second kappa shape index (κ2) is 5.80. The van der Waals surface area contributed by atoms with Crippen molar-refractivity contribution >= 4 is 11.6 Å². The van der Waals surface area contributed by atoms with Gasteiger partial charge in [0, 0.05) is 11.3 Å². The van der Waals surface area contributed by atoms with E-state index in [-0.39, 0.29) is 23.2 Å². The van der Waals surface area contributed by atoms with Gasteiger partial charge in [0.1, 0.15) is 5.75 Å². The van der Waals surface area contributed by atoms with Crippen molar-refractivity contribution in [3.05, 3.63) is 64.8 Å². The molecule has 0 saturated carbocycles. The summed E-state index contributed by atoms with van der Waals surface area (Å²) in [5.41, 5.74) is 2.08. The highest BCUT2D eigenvalue weighted by molar-refractivity contribution is 6.17. The molecule has 0 spiro atoms. The van der Waals surface area contributed by atoms with Crippen LogP contribution in [-0.4, -0.2) is 16.7 Å². The van der Waals surface area contributed by atoms with Crippen molar-refractivity contribution in [1.82, 2.24) is 0 Å². The number of rotatable bonds is 2. The maximum absolute atomic E-state index is 13.5. The number of phenols is 1. The van der Waals surface area contributed by atoms with Crippen molar-refractivity contribution < 1.29 is 14.7 Å². The summed E-state index contributed by atoms with van der Waals surface area (Å²) in [4.78, 5) is 26.7. The van der Waals surface area contributed by atoms with E-state index in [4.69, 9.17) is 0 Å². The van der Waals surface area contributed by atoms with Gasteiger partial charge in [0.15, 0.2) is 11.6 Å². The Balaban J connectivity index is 2.34. The number of aryl methyl sites for hydroxylation is 1. The number of fused-ring (bicyclic) bond motifs is 1. The van der Waals surface area contributed by atoms with Crippen LogP contribution in [-0.2, 0) is 9.59 Å². The number of carbonyl (C=O) groups excluding carboxylic acids is 2. The van der Waals surface area contributed by atoms with Crippen LogP contribution in [0, 0.1) is 17.8 Å². The molecule has 3 nitrogen and oxygen atoms in total. The lowest BCUT2D eigenvalue weighted by Crippen LogP contribution is -2.57. The maximum Gasteiger partial charge on any atom is 0.166 e. The Hall–Kier alpha value is -2.42. The maximum atomic E-state index is 13.5. The molecule has 2 aliphatic carbocycles. The molecule has 0 heterocycles. The van der Waals surface area contributed by atoms with Crippen LogP contribution < -0.4 is 0 Å². The van der Waals surface area contributed by atoms with Gasteiger partial charge in [-0.1, -0.05) is 44.7 Å². The topological polar surface area (TPSA) is 54.4 Å². The zero-order valence-corrected chi connectivity index (χ0v) is 16.1. The summed E-state index contributed by atoms with van der Waals surface area (Å²) in [6.07, 6.45) is 4.35.